The Balaban J connectivity index is -0.00000000214. The summed E-state index contributed by atoms with van der Waals surface area (Å²) in [5, 5.41) is 14.8. The second-order valence-electron chi connectivity index (χ2n) is 0.224. The van der Waals surface area contributed by atoms with Gasteiger partial charge in [0.25, 0.3) is 0 Å². The molecule has 0 atom stereocenters. The van der Waals surface area contributed by atoms with Gasteiger partial charge < -0.3 is 48.2 Å². The van der Waals surface area contributed by atoms with E-state index in [1.165, 1.54) is 0 Å². The topological polar surface area (TPSA) is 255 Å². The fourth-order valence-electron chi connectivity index (χ4n) is 0. The summed E-state index contributed by atoms with van der Waals surface area (Å²) in [6.07, 6.45) is 0. The van der Waals surface area contributed by atoms with E-state index in [1.54, 1.807) is 0 Å². The summed E-state index contributed by atoms with van der Waals surface area (Å²) in [6, 6.07) is 0. The quantitative estimate of drug-likeness (QED) is 0.311. The zero-order chi connectivity index (χ0) is 3.58. The zero-order valence-electron chi connectivity index (χ0n) is 5.25. The van der Waals surface area contributed by atoms with Crippen LogP contribution in [0.4, 0.5) is 0 Å². The Kier molecular flexibility index (Phi) is 1140. The molecule has 0 aromatic rings. The average molecular weight is 285 g/mol. The molecule has 0 bridgehead atoms. The van der Waals surface area contributed by atoms with Crippen molar-refractivity contribution in [3.05, 3.63) is 15.3 Å². The van der Waals surface area contributed by atoms with E-state index in [1.807, 2.05) is 0 Å². The van der Waals surface area contributed by atoms with Gasteiger partial charge in [-0.1, -0.05) is 0 Å². The van der Waals surface area contributed by atoms with Gasteiger partial charge in [0.05, 0.1) is 5.09 Å². The zero-order valence-corrected chi connectivity index (χ0v) is 8.54. The Morgan fingerprint density at radius 1 is 0.727 bits per heavy atom. The minimum atomic E-state index is -1.75. The SMILES string of the molecule is O.O.O.O.O.O.O=[N+]([O-])[O-].[In+3]. The van der Waals surface area contributed by atoms with E-state index in [0.717, 1.165) is 0 Å². The van der Waals surface area contributed by atoms with Gasteiger partial charge >= 0.3 is 25.8 Å². The number of rotatable bonds is 0. The Bertz CT molecular complexity index is 32.5. The molecule has 0 aromatic carbocycles. The first-order chi connectivity index (χ1) is 1.73. The van der Waals surface area contributed by atoms with Crippen LogP contribution >= 0.6 is 0 Å². The molecule has 0 saturated carbocycles. The van der Waals surface area contributed by atoms with E-state index < -0.39 is 5.09 Å². The molecule has 0 aliphatic heterocycles. The van der Waals surface area contributed by atoms with Gasteiger partial charge in [-0.2, -0.15) is 0 Å². The third kappa shape index (κ3) is 20900. The van der Waals surface area contributed by atoms with Crippen molar-refractivity contribution in [2.24, 2.45) is 0 Å². The largest absolute Gasteiger partial charge is 3.00 e. The molecule has 0 radical (unpaired) electrons. The van der Waals surface area contributed by atoms with Crippen LogP contribution < -0.4 is 0 Å². The van der Waals surface area contributed by atoms with Crippen LogP contribution in [-0.2, 0) is 0 Å². The molecule has 11 heavy (non-hydrogen) atoms. The normalized spacial score (nSPS) is 2.18. The third-order valence-corrected chi connectivity index (χ3v) is 0. The van der Waals surface area contributed by atoms with E-state index in [2.05, 4.69) is 0 Å². The van der Waals surface area contributed by atoms with Crippen LogP contribution in [0.3, 0.4) is 0 Å². The maximum atomic E-state index is 8.25. The van der Waals surface area contributed by atoms with Crippen molar-refractivity contribution in [2.45, 2.75) is 0 Å². The smallest absolute Gasteiger partial charge is 0.412 e. The standard InChI is InChI=1S/In.NO3.6H2O/c;2-1(3)4;;;;;;/h;;6*1H2/q+3;-1;;;;;;. The van der Waals surface area contributed by atoms with Crippen molar-refractivity contribution in [1.29, 1.82) is 0 Å². The van der Waals surface area contributed by atoms with Crippen molar-refractivity contribution in [3.8, 4) is 0 Å². The predicted octanol–water partition coefficient (Wildman–Crippen LogP) is -5.57. The van der Waals surface area contributed by atoms with E-state index >= 15 is 0 Å². The third-order valence-electron chi connectivity index (χ3n) is 0. The van der Waals surface area contributed by atoms with Crippen LogP contribution in [0.15, 0.2) is 0 Å². The number of nitrogens with zero attached hydrogens (tertiary/aromatic N) is 1. The van der Waals surface area contributed by atoms with Crippen molar-refractivity contribution < 1.29 is 37.9 Å². The molecule has 12 N–H and O–H groups in total. The van der Waals surface area contributed by atoms with Crippen LogP contribution in [0.5, 0.6) is 0 Å². The van der Waals surface area contributed by atoms with Crippen molar-refractivity contribution in [3.63, 3.8) is 0 Å². The molecule has 72 valence electrons. The molecule has 0 amide bonds. The molecule has 0 aromatic heterocycles. The fourth-order valence-corrected chi connectivity index (χ4v) is 0. The summed E-state index contributed by atoms with van der Waals surface area (Å²) in [5.74, 6) is 0. The molecule has 10 nitrogen and oxygen atoms in total. The second kappa shape index (κ2) is 95.7. The average Bonchev–Trinajstić information content (AvgIpc) is 0.811. The van der Waals surface area contributed by atoms with Gasteiger partial charge in [-0.3, -0.25) is 0 Å². The summed E-state index contributed by atoms with van der Waals surface area (Å²) >= 11 is 0. The second-order valence-corrected chi connectivity index (χ2v) is 0.224. The molecule has 0 aliphatic rings. The van der Waals surface area contributed by atoms with Crippen LogP contribution in [0, 0.1) is 15.3 Å². The monoisotopic (exact) mass is 285 g/mol. The van der Waals surface area contributed by atoms with Crippen molar-refractivity contribution >= 4 is 25.8 Å². The molecule has 0 fully saturated rings. The van der Waals surface area contributed by atoms with Gasteiger partial charge in [-0.15, -0.1) is 0 Å². The minimum absolute atomic E-state index is 0. The number of hydrogen-bond donors (Lipinski definition) is 0. The molecular weight excluding hydrogens is 273 g/mol. The van der Waals surface area contributed by atoms with Gasteiger partial charge in [0, 0.05) is 0 Å². The van der Waals surface area contributed by atoms with E-state index in [-0.39, 0.29) is 58.7 Å². The molecule has 0 spiro atoms. The van der Waals surface area contributed by atoms with Crippen molar-refractivity contribution in [1.82, 2.24) is 0 Å². The Labute approximate surface area is 79.6 Å². The van der Waals surface area contributed by atoms with E-state index in [4.69, 9.17) is 15.3 Å². The predicted molar refractivity (Wildman–Crippen MR) is 37.8 cm³/mol. The summed E-state index contributed by atoms with van der Waals surface area (Å²) in [4.78, 5) is 8.25. The molecular formula is H12InNO9+2. The van der Waals surface area contributed by atoms with Gasteiger partial charge in [0.2, 0.25) is 0 Å². The van der Waals surface area contributed by atoms with Crippen LogP contribution in [0.1, 0.15) is 0 Å². The van der Waals surface area contributed by atoms with Gasteiger partial charge in [0.15, 0.2) is 0 Å². The van der Waals surface area contributed by atoms with E-state index in [9.17, 15) is 0 Å². The van der Waals surface area contributed by atoms with Crippen LogP contribution in [-0.4, -0.2) is 63.8 Å². The molecule has 0 aliphatic carbocycles. The maximum Gasteiger partial charge on any atom is 3.00 e. The Morgan fingerprint density at radius 2 is 0.727 bits per heavy atom. The Hall–Kier alpha value is -0.170. The van der Waals surface area contributed by atoms with E-state index in [0.29, 0.717) is 0 Å². The van der Waals surface area contributed by atoms with Gasteiger partial charge in [-0.05, 0) is 0 Å². The maximum absolute atomic E-state index is 8.25. The van der Waals surface area contributed by atoms with Gasteiger partial charge in [-0.25, -0.2) is 0 Å². The fraction of sp³-hybridized carbons (Fsp3) is 0. The first-order valence-electron chi connectivity index (χ1n) is 0.548. The number of hydrogen-bond acceptors (Lipinski definition) is 3. The molecule has 11 heteroatoms. The van der Waals surface area contributed by atoms with Crippen LogP contribution in [0.25, 0.3) is 0 Å². The molecule has 0 rings (SSSR count). The molecule has 0 unspecified atom stereocenters. The molecule has 0 heterocycles. The summed E-state index contributed by atoms with van der Waals surface area (Å²) in [6.45, 7) is 0. The molecule has 0 saturated heterocycles. The summed E-state index contributed by atoms with van der Waals surface area (Å²) in [5.41, 5.74) is 0. The first kappa shape index (κ1) is 131. The minimum Gasteiger partial charge on any atom is -0.412 e. The summed E-state index contributed by atoms with van der Waals surface area (Å²) < 4.78 is 0. The summed E-state index contributed by atoms with van der Waals surface area (Å²) in [7, 11) is 0. The Morgan fingerprint density at radius 3 is 0.727 bits per heavy atom. The van der Waals surface area contributed by atoms with Crippen molar-refractivity contribution in [2.75, 3.05) is 0 Å². The van der Waals surface area contributed by atoms with Crippen LogP contribution in [0.2, 0.25) is 0 Å². The first-order valence-corrected chi connectivity index (χ1v) is 0.548. The van der Waals surface area contributed by atoms with Gasteiger partial charge in [0.1, 0.15) is 0 Å².